The third-order valence-corrected chi connectivity index (χ3v) is 5.70. The van der Waals surface area contributed by atoms with Crippen molar-refractivity contribution in [2.75, 3.05) is 13.1 Å². The van der Waals surface area contributed by atoms with Crippen molar-refractivity contribution in [1.29, 1.82) is 0 Å². The van der Waals surface area contributed by atoms with Crippen LogP contribution in [0.25, 0.3) is 0 Å². The van der Waals surface area contributed by atoms with E-state index in [-0.39, 0.29) is 10.8 Å². The molecule has 0 bridgehead atoms. The number of benzene rings is 1. The molecule has 26 heavy (non-hydrogen) atoms. The fourth-order valence-electron chi connectivity index (χ4n) is 2.69. The molecule has 0 heterocycles. The van der Waals surface area contributed by atoms with Crippen molar-refractivity contribution in [3.63, 3.8) is 0 Å². The number of nitrogens with zero attached hydrogens (tertiary/aromatic N) is 1. The summed E-state index contributed by atoms with van der Waals surface area (Å²) in [4.78, 5) is 2.08. The largest absolute Gasteiger partial charge is 0.507 e. The number of thioether (sulfide) groups is 1. The van der Waals surface area contributed by atoms with Crippen molar-refractivity contribution in [2.45, 2.75) is 58.1 Å². The van der Waals surface area contributed by atoms with Crippen LogP contribution in [0.15, 0.2) is 37.4 Å². The Bertz CT molecular complexity index is 621. The van der Waals surface area contributed by atoms with E-state index in [4.69, 9.17) is 12.2 Å². The van der Waals surface area contributed by atoms with Crippen molar-refractivity contribution < 1.29 is 5.11 Å². The van der Waals surface area contributed by atoms with Gasteiger partial charge in [-0.2, -0.15) is 0 Å². The summed E-state index contributed by atoms with van der Waals surface area (Å²) in [6, 6.07) is 4.23. The Morgan fingerprint density at radius 3 is 1.81 bits per heavy atom. The Hall–Kier alpha value is -1.26. The summed E-state index contributed by atoms with van der Waals surface area (Å²) >= 11 is 7.23. The second-order valence-electron chi connectivity index (χ2n) is 8.58. The summed E-state index contributed by atoms with van der Waals surface area (Å²) in [5, 5.41) is 10.8. The van der Waals surface area contributed by atoms with Gasteiger partial charge in [0.1, 0.15) is 10.1 Å². The van der Waals surface area contributed by atoms with Crippen LogP contribution >= 0.6 is 24.0 Å². The summed E-state index contributed by atoms with van der Waals surface area (Å²) in [5.41, 5.74) is 2.91. The number of rotatable bonds is 6. The fraction of sp³-hybridized carbons (Fsp3) is 0.500. The molecule has 0 atom stereocenters. The molecule has 0 aliphatic carbocycles. The van der Waals surface area contributed by atoms with Crippen LogP contribution < -0.4 is 0 Å². The molecule has 0 aliphatic heterocycles. The third kappa shape index (κ3) is 6.17. The van der Waals surface area contributed by atoms with Gasteiger partial charge < -0.3 is 10.0 Å². The molecule has 1 aromatic carbocycles. The van der Waals surface area contributed by atoms with E-state index in [1.165, 1.54) is 5.56 Å². The Balaban J connectivity index is 3.15. The van der Waals surface area contributed by atoms with Gasteiger partial charge in [0.2, 0.25) is 0 Å². The predicted molar refractivity (Wildman–Crippen MR) is 121 cm³/mol. The van der Waals surface area contributed by atoms with Gasteiger partial charge in [-0.1, -0.05) is 89.8 Å². The van der Waals surface area contributed by atoms with Gasteiger partial charge in [-0.15, -0.1) is 13.2 Å². The van der Waals surface area contributed by atoms with Crippen LogP contribution in [0.1, 0.15) is 58.2 Å². The van der Waals surface area contributed by atoms with E-state index >= 15 is 0 Å². The topological polar surface area (TPSA) is 23.5 Å². The van der Waals surface area contributed by atoms with Crippen molar-refractivity contribution in [2.24, 2.45) is 0 Å². The monoisotopic (exact) mass is 391 g/mol. The molecule has 1 aromatic rings. The Morgan fingerprint density at radius 1 is 1.04 bits per heavy atom. The normalized spacial score (nSPS) is 11.9. The van der Waals surface area contributed by atoms with Crippen LogP contribution in [-0.2, 0) is 16.6 Å². The van der Waals surface area contributed by atoms with Gasteiger partial charge in [-0.25, -0.2) is 0 Å². The maximum absolute atomic E-state index is 10.8. The zero-order chi connectivity index (χ0) is 20.1. The third-order valence-electron chi connectivity index (χ3n) is 4.11. The average Bonchev–Trinajstić information content (AvgIpc) is 2.51. The highest BCUT2D eigenvalue weighted by molar-refractivity contribution is 8.22. The molecule has 144 valence electrons. The van der Waals surface area contributed by atoms with Gasteiger partial charge in [0.25, 0.3) is 0 Å². The lowest BCUT2D eigenvalue weighted by molar-refractivity contribution is 0.423. The van der Waals surface area contributed by atoms with E-state index in [9.17, 15) is 5.11 Å². The zero-order valence-electron chi connectivity index (χ0n) is 17.1. The molecular formula is C22H33NOS2. The molecule has 0 aliphatic rings. The number of hydrogen-bond acceptors (Lipinski definition) is 3. The lowest BCUT2D eigenvalue weighted by atomic mass is 9.78. The molecule has 2 nitrogen and oxygen atoms in total. The van der Waals surface area contributed by atoms with E-state index in [0.717, 1.165) is 21.2 Å². The second-order valence-corrected chi connectivity index (χ2v) is 10.2. The first-order valence-corrected chi connectivity index (χ1v) is 10.3. The van der Waals surface area contributed by atoms with E-state index in [0.29, 0.717) is 18.8 Å². The first-order valence-electron chi connectivity index (χ1n) is 8.92. The summed E-state index contributed by atoms with van der Waals surface area (Å²) < 4.78 is 0.840. The van der Waals surface area contributed by atoms with Crippen molar-refractivity contribution in [3.8, 4) is 5.75 Å². The van der Waals surface area contributed by atoms with Gasteiger partial charge in [0.05, 0.1) is 0 Å². The van der Waals surface area contributed by atoms with Gasteiger partial charge in [-0.3, -0.25) is 0 Å². The fourth-order valence-corrected chi connectivity index (χ4v) is 3.81. The average molecular weight is 392 g/mol. The molecule has 0 amide bonds. The van der Waals surface area contributed by atoms with Crippen LogP contribution in [0, 0.1) is 0 Å². The number of hydrogen-bond donors (Lipinski definition) is 1. The van der Waals surface area contributed by atoms with E-state index in [2.05, 4.69) is 71.7 Å². The maximum atomic E-state index is 10.8. The lowest BCUT2D eigenvalue weighted by Crippen LogP contribution is -2.27. The molecule has 0 fully saturated rings. The van der Waals surface area contributed by atoms with Crippen LogP contribution in [0.3, 0.4) is 0 Å². The lowest BCUT2D eigenvalue weighted by Gasteiger charge is -2.28. The van der Waals surface area contributed by atoms with Crippen LogP contribution in [-0.4, -0.2) is 27.4 Å². The van der Waals surface area contributed by atoms with Crippen molar-refractivity contribution >= 4 is 28.3 Å². The molecule has 0 aromatic heterocycles. The number of aromatic hydroxyl groups is 1. The second kappa shape index (κ2) is 9.09. The minimum atomic E-state index is -0.122. The number of thiocarbonyl (C=S) groups is 1. The minimum Gasteiger partial charge on any atom is -0.507 e. The smallest absolute Gasteiger partial charge is 0.137 e. The van der Waals surface area contributed by atoms with Crippen molar-refractivity contribution in [3.05, 3.63) is 54.1 Å². The summed E-state index contributed by atoms with van der Waals surface area (Å²) in [6.45, 7) is 21.8. The first-order chi connectivity index (χ1) is 11.9. The summed E-state index contributed by atoms with van der Waals surface area (Å²) in [5.74, 6) is 1.19. The molecule has 0 saturated heterocycles. The molecule has 4 heteroatoms. The molecule has 0 spiro atoms. The maximum Gasteiger partial charge on any atom is 0.137 e. The highest BCUT2D eigenvalue weighted by Gasteiger charge is 2.26. The Kier molecular flexibility index (Phi) is 7.97. The van der Waals surface area contributed by atoms with Crippen LogP contribution in [0.2, 0.25) is 0 Å². The van der Waals surface area contributed by atoms with Crippen LogP contribution in [0.5, 0.6) is 5.75 Å². The van der Waals surface area contributed by atoms with Crippen molar-refractivity contribution in [1.82, 2.24) is 4.90 Å². The van der Waals surface area contributed by atoms with Gasteiger partial charge in [-0.05, 0) is 27.5 Å². The van der Waals surface area contributed by atoms with Gasteiger partial charge in [0, 0.05) is 18.8 Å². The highest BCUT2D eigenvalue weighted by atomic mass is 32.2. The molecule has 0 unspecified atom stereocenters. The number of phenols is 1. The standard InChI is InChI=1S/C22H33NOS2/c1-9-11-23(12-10-2)20(25)26-15-16-13-17(21(3,4)5)19(24)18(14-16)22(6,7)8/h9-10,13-14,24H,1-2,11-12,15H2,3-8H3. The minimum absolute atomic E-state index is 0.122. The van der Waals surface area contributed by atoms with E-state index in [1.54, 1.807) is 11.8 Å². The molecule has 0 radical (unpaired) electrons. The van der Waals surface area contributed by atoms with Crippen LogP contribution in [0.4, 0.5) is 0 Å². The Morgan fingerprint density at radius 2 is 1.46 bits per heavy atom. The van der Waals surface area contributed by atoms with E-state index in [1.807, 2.05) is 12.2 Å². The zero-order valence-corrected chi connectivity index (χ0v) is 18.7. The Labute approximate surface area is 169 Å². The van der Waals surface area contributed by atoms with Gasteiger partial charge in [0.15, 0.2) is 0 Å². The van der Waals surface area contributed by atoms with E-state index < -0.39 is 0 Å². The highest BCUT2D eigenvalue weighted by Crippen LogP contribution is 2.40. The SMILES string of the molecule is C=CCN(CC=C)C(=S)SCc1cc(C(C)(C)C)c(O)c(C(C)(C)C)c1. The quantitative estimate of drug-likeness (QED) is 0.462. The molecule has 1 rings (SSSR count). The first kappa shape index (κ1) is 22.8. The number of phenolic OH excluding ortho intramolecular Hbond substituents is 1. The molecule has 1 N–H and O–H groups in total. The molecule has 0 saturated carbocycles. The predicted octanol–water partition coefficient (Wildman–Crippen LogP) is 6.18. The molecular weight excluding hydrogens is 358 g/mol. The summed E-state index contributed by atoms with van der Waals surface area (Å²) in [6.07, 6.45) is 3.71. The summed E-state index contributed by atoms with van der Waals surface area (Å²) in [7, 11) is 0. The van der Waals surface area contributed by atoms with Gasteiger partial charge >= 0.3 is 0 Å².